The Hall–Kier alpha value is -0.580. The van der Waals surface area contributed by atoms with E-state index in [4.69, 9.17) is 0 Å². The van der Waals surface area contributed by atoms with Gasteiger partial charge in [0, 0.05) is 16.8 Å². The molecule has 0 aromatic carbocycles. The number of rotatable bonds is 5. The summed E-state index contributed by atoms with van der Waals surface area (Å²) in [7, 11) is 0. The van der Waals surface area contributed by atoms with Crippen molar-refractivity contribution in [3.63, 3.8) is 0 Å². The monoisotopic (exact) mass is 394 g/mol. The van der Waals surface area contributed by atoms with Crippen LogP contribution >= 0.6 is 23.7 Å². The van der Waals surface area contributed by atoms with Gasteiger partial charge in [0.25, 0.3) is 0 Å². The number of amides is 1. The van der Waals surface area contributed by atoms with Gasteiger partial charge in [-0.2, -0.15) is 0 Å². The lowest BCUT2D eigenvalue weighted by Crippen LogP contribution is -2.54. The van der Waals surface area contributed by atoms with Gasteiger partial charge in [-0.25, -0.2) is 0 Å². The molecule has 1 N–H and O–H groups in total. The van der Waals surface area contributed by atoms with Gasteiger partial charge < -0.3 is 5.32 Å². The molecule has 144 valence electrons. The molecule has 3 nitrogen and oxygen atoms in total. The predicted octanol–water partition coefficient (Wildman–Crippen LogP) is 4.64. The maximum absolute atomic E-state index is 13.3. The van der Waals surface area contributed by atoms with Gasteiger partial charge in [-0.1, -0.05) is 6.07 Å². The number of carbonyl (C=O) groups is 1. The Morgan fingerprint density at radius 1 is 1.15 bits per heavy atom. The molecule has 26 heavy (non-hydrogen) atoms. The molecular weight excluding hydrogens is 364 g/mol. The fraction of sp³-hybridized carbons (Fsp3) is 0.762. The molecule has 0 radical (unpaired) electrons. The van der Waals surface area contributed by atoms with Crippen molar-refractivity contribution in [2.75, 3.05) is 19.6 Å². The number of carbonyl (C=O) groups excluding carboxylic acids is 1. The van der Waals surface area contributed by atoms with Crippen molar-refractivity contribution in [2.24, 2.45) is 23.2 Å². The van der Waals surface area contributed by atoms with Crippen molar-refractivity contribution < 1.29 is 4.79 Å². The van der Waals surface area contributed by atoms with Gasteiger partial charge >= 0.3 is 0 Å². The Labute approximate surface area is 167 Å². The molecule has 1 saturated heterocycles. The molecule has 1 amide bonds. The van der Waals surface area contributed by atoms with Crippen LogP contribution < -0.4 is 5.32 Å². The molecule has 1 unspecified atom stereocenters. The number of nitrogens with zero attached hydrogens (tertiary/aromatic N) is 1. The van der Waals surface area contributed by atoms with E-state index in [1.54, 1.807) is 0 Å². The molecule has 1 aromatic rings. The van der Waals surface area contributed by atoms with E-state index in [0.29, 0.717) is 11.9 Å². The predicted molar refractivity (Wildman–Crippen MR) is 109 cm³/mol. The number of hydrogen-bond donors (Lipinski definition) is 1. The summed E-state index contributed by atoms with van der Waals surface area (Å²) in [6.07, 6.45) is 10.3. The summed E-state index contributed by atoms with van der Waals surface area (Å²) < 4.78 is 0. The molecule has 5 heteroatoms. The highest BCUT2D eigenvalue weighted by molar-refractivity contribution is 7.10. The van der Waals surface area contributed by atoms with Gasteiger partial charge in [-0.05, 0) is 93.7 Å². The fourth-order valence-corrected chi connectivity index (χ4v) is 7.57. The highest BCUT2D eigenvalue weighted by Gasteiger charge is 2.54. The van der Waals surface area contributed by atoms with Crippen LogP contribution in [-0.4, -0.2) is 30.4 Å². The van der Waals surface area contributed by atoms with E-state index in [2.05, 4.69) is 27.7 Å². The van der Waals surface area contributed by atoms with Gasteiger partial charge in [0.05, 0.1) is 6.04 Å². The molecule has 1 aromatic heterocycles. The van der Waals surface area contributed by atoms with E-state index in [9.17, 15) is 4.79 Å². The normalized spacial score (nSPS) is 36.7. The third-order valence-electron chi connectivity index (χ3n) is 7.43. The van der Waals surface area contributed by atoms with Gasteiger partial charge in [-0.3, -0.25) is 9.69 Å². The van der Waals surface area contributed by atoms with E-state index in [1.807, 2.05) is 11.3 Å². The molecular formula is C21H31ClN2OS. The molecule has 4 aliphatic carbocycles. The Morgan fingerprint density at radius 3 is 2.31 bits per heavy atom. The first-order valence-electron chi connectivity index (χ1n) is 10.3. The maximum atomic E-state index is 13.3. The van der Waals surface area contributed by atoms with Gasteiger partial charge in [0.1, 0.15) is 0 Å². The van der Waals surface area contributed by atoms with Gasteiger partial charge in [0.2, 0.25) is 5.91 Å². The van der Waals surface area contributed by atoms with Crippen LogP contribution in [0.2, 0.25) is 0 Å². The maximum Gasteiger partial charge on any atom is 0.226 e. The number of nitrogens with one attached hydrogen (secondary N) is 1. The zero-order chi connectivity index (χ0) is 16.9. The first-order valence-corrected chi connectivity index (χ1v) is 11.2. The quantitative estimate of drug-likeness (QED) is 0.788. The van der Waals surface area contributed by atoms with E-state index >= 15 is 0 Å². The van der Waals surface area contributed by atoms with E-state index in [0.717, 1.165) is 24.3 Å². The van der Waals surface area contributed by atoms with Crippen LogP contribution in [0.4, 0.5) is 0 Å². The zero-order valence-electron chi connectivity index (χ0n) is 15.5. The lowest BCUT2D eigenvalue weighted by atomic mass is 9.49. The Kier molecular flexibility index (Phi) is 5.37. The lowest BCUT2D eigenvalue weighted by Gasteiger charge is -2.55. The Bertz CT molecular complexity index is 591. The summed E-state index contributed by atoms with van der Waals surface area (Å²) in [5, 5.41) is 5.60. The molecule has 5 aliphatic rings. The van der Waals surface area contributed by atoms with Gasteiger partial charge in [-0.15, -0.1) is 23.7 Å². The van der Waals surface area contributed by atoms with E-state index in [-0.39, 0.29) is 17.8 Å². The highest BCUT2D eigenvalue weighted by Crippen LogP contribution is 2.60. The third-order valence-corrected chi connectivity index (χ3v) is 8.40. The summed E-state index contributed by atoms with van der Waals surface area (Å²) in [5.41, 5.74) is -0.0141. The van der Waals surface area contributed by atoms with E-state index < -0.39 is 0 Å². The van der Waals surface area contributed by atoms with Crippen LogP contribution in [0.5, 0.6) is 0 Å². The third kappa shape index (κ3) is 3.33. The van der Waals surface area contributed by atoms with Crippen LogP contribution in [0, 0.1) is 23.2 Å². The molecule has 4 saturated carbocycles. The minimum atomic E-state index is -0.0141. The summed E-state index contributed by atoms with van der Waals surface area (Å²) in [5.74, 6) is 2.89. The summed E-state index contributed by atoms with van der Waals surface area (Å²) >= 11 is 1.84. The molecule has 4 bridgehead atoms. The minimum absolute atomic E-state index is 0. The average molecular weight is 395 g/mol. The first kappa shape index (κ1) is 18.8. The average Bonchev–Trinajstić information content (AvgIpc) is 3.28. The van der Waals surface area contributed by atoms with Crippen LogP contribution in [0.15, 0.2) is 17.5 Å². The summed E-state index contributed by atoms with van der Waals surface area (Å²) in [4.78, 5) is 17.2. The molecule has 1 aliphatic heterocycles. The molecule has 1 atom stereocenters. The van der Waals surface area contributed by atoms with E-state index in [1.165, 1.54) is 69.3 Å². The van der Waals surface area contributed by atoms with Crippen LogP contribution in [0.25, 0.3) is 0 Å². The fourth-order valence-electron chi connectivity index (χ4n) is 6.71. The van der Waals surface area contributed by atoms with Crippen LogP contribution in [-0.2, 0) is 4.79 Å². The van der Waals surface area contributed by atoms with Crippen molar-refractivity contribution in [3.8, 4) is 0 Å². The van der Waals surface area contributed by atoms with Crippen molar-refractivity contribution >= 4 is 29.7 Å². The molecule has 6 rings (SSSR count). The van der Waals surface area contributed by atoms with Crippen molar-refractivity contribution in [2.45, 2.75) is 57.4 Å². The highest BCUT2D eigenvalue weighted by atomic mass is 35.5. The summed E-state index contributed by atoms with van der Waals surface area (Å²) in [6, 6.07) is 4.76. The van der Waals surface area contributed by atoms with Crippen molar-refractivity contribution in [1.82, 2.24) is 10.2 Å². The van der Waals surface area contributed by atoms with Crippen molar-refractivity contribution in [3.05, 3.63) is 22.4 Å². The van der Waals surface area contributed by atoms with Gasteiger partial charge in [0.15, 0.2) is 0 Å². The number of likely N-dealkylation sites (tertiary alicyclic amines) is 1. The standard InChI is InChI=1S/C21H30N2OS.ClH/c24-20(21-11-15-8-16(12-21)10-17(9-15)13-21)22-14-18(19-4-3-7-25-19)23-5-1-2-6-23;/h3-4,7,15-18H,1-2,5-6,8-14H2,(H,22,24);1H. The largest absolute Gasteiger partial charge is 0.354 e. The lowest BCUT2D eigenvalue weighted by molar-refractivity contribution is -0.146. The number of hydrogen-bond acceptors (Lipinski definition) is 3. The molecule has 2 heterocycles. The second-order valence-electron chi connectivity index (χ2n) is 9.18. The topological polar surface area (TPSA) is 32.3 Å². The van der Waals surface area contributed by atoms with Crippen molar-refractivity contribution in [1.29, 1.82) is 0 Å². The number of halogens is 1. The smallest absolute Gasteiger partial charge is 0.226 e. The molecule has 5 fully saturated rings. The van der Waals surface area contributed by atoms with Crippen LogP contribution in [0.1, 0.15) is 62.3 Å². The zero-order valence-corrected chi connectivity index (χ0v) is 17.1. The number of thiophene rings is 1. The second kappa shape index (κ2) is 7.44. The SMILES string of the molecule is Cl.O=C(NCC(c1cccs1)N1CCCC1)C12CC3CC(CC(C3)C1)C2. The molecule has 0 spiro atoms. The second-order valence-corrected chi connectivity index (χ2v) is 10.2. The summed E-state index contributed by atoms with van der Waals surface area (Å²) in [6.45, 7) is 3.15. The van der Waals surface area contributed by atoms with Crippen LogP contribution in [0.3, 0.4) is 0 Å². The Morgan fingerprint density at radius 2 is 1.77 bits per heavy atom. The minimum Gasteiger partial charge on any atom is -0.354 e. The first-order chi connectivity index (χ1) is 12.2. The Balaban J connectivity index is 0.00000168.